The average molecular weight is 247 g/mol. The van der Waals surface area contributed by atoms with Crippen LogP contribution in [0.15, 0.2) is 30.3 Å². The quantitative estimate of drug-likeness (QED) is 0.903. The normalized spacial score (nSPS) is 10.4. The molecule has 0 spiro atoms. The molecular weight excluding hydrogens is 234 g/mol. The Morgan fingerprint density at radius 1 is 1.35 bits per heavy atom. The van der Waals surface area contributed by atoms with Crippen molar-refractivity contribution in [3.8, 4) is 11.3 Å². The summed E-state index contributed by atoms with van der Waals surface area (Å²) in [6, 6.07) is 9.88. The van der Waals surface area contributed by atoms with Gasteiger partial charge in [-0.05, 0) is 6.42 Å². The number of hydrogen-bond donors (Lipinski definition) is 1. The molecule has 17 heavy (non-hydrogen) atoms. The van der Waals surface area contributed by atoms with Crippen molar-refractivity contribution in [2.75, 3.05) is 0 Å². The lowest BCUT2D eigenvalue weighted by molar-refractivity contribution is -0.136. The van der Waals surface area contributed by atoms with Crippen LogP contribution in [0.4, 0.5) is 0 Å². The van der Waals surface area contributed by atoms with Crippen molar-refractivity contribution in [3.05, 3.63) is 40.2 Å². The molecule has 0 unspecified atom stereocenters. The van der Waals surface area contributed by atoms with Gasteiger partial charge in [-0.3, -0.25) is 4.79 Å². The summed E-state index contributed by atoms with van der Waals surface area (Å²) in [7, 11) is 0. The summed E-state index contributed by atoms with van der Waals surface area (Å²) < 4.78 is 0. The van der Waals surface area contributed by atoms with Gasteiger partial charge >= 0.3 is 5.97 Å². The summed E-state index contributed by atoms with van der Waals surface area (Å²) in [5, 5.41) is 9.45. The molecule has 0 aliphatic rings. The Bertz CT molecular complexity index is 519. The van der Waals surface area contributed by atoms with Crippen molar-refractivity contribution >= 4 is 17.3 Å². The molecule has 1 N–H and O–H groups in total. The first kappa shape index (κ1) is 11.8. The zero-order chi connectivity index (χ0) is 12.3. The van der Waals surface area contributed by atoms with Crippen LogP contribution in [-0.2, 0) is 17.6 Å². The zero-order valence-electron chi connectivity index (χ0n) is 9.51. The van der Waals surface area contributed by atoms with Gasteiger partial charge in [0.15, 0.2) is 0 Å². The van der Waals surface area contributed by atoms with Gasteiger partial charge in [-0.2, -0.15) is 0 Å². The van der Waals surface area contributed by atoms with Crippen molar-refractivity contribution in [2.45, 2.75) is 19.8 Å². The fourth-order valence-corrected chi connectivity index (χ4v) is 2.69. The van der Waals surface area contributed by atoms with Crippen LogP contribution in [0.25, 0.3) is 11.3 Å². The molecule has 0 aliphatic heterocycles. The summed E-state index contributed by atoms with van der Waals surface area (Å²) >= 11 is 1.49. The Hall–Kier alpha value is -1.68. The number of benzene rings is 1. The molecule has 0 aliphatic carbocycles. The monoisotopic (exact) mass is 247 g/mol. The molecule has 2 rings (SSSR count). The topological polar surface area (TPSA) is 50.2 Å². The fourth-order valence-electron chi connectivity index (χ4n) is 1.67. The summed E-state index contributed by atoms with van der Waals surface area (Å²) in [4.78, 5) is 16.3. The highest BCUT2D eigenvalue weighted by Crippen LogP contribution is 2.28. The summed E-state index contributed by atoms with van der Waals surface area (Å²) in [6.07, 6.45) is 0.881. The molecule has 1 heterocycles. The Morgan fingerprint density at radius 3 is 2.65 bits per heavy atom. The van der Waals surface area contributed by atoms with Crippen molar-refractivity contribution in [2.24, 2.45) is 0 Å². The van der Waals surface area contributed by atoms with E-state index >= 15 is 0 Å². The lowest BCUT2D eigenvalue weighted by Crippen LogP contribution is -1.99. The van der Waals surface area contributed by atoms with E-state index in [0.29, 0.717) is 5.01 Å². The molecule has 3 nitrogen and oxygen atoms in total. The number of hydrogen-bond acceptors (Lipinski definition) is 3. The number of thiazole rings is 1. The van der Waals surface area contributed by atoms with Crippen LogP contribution >= 0.6 is 11.3 Å². The first-order chi connectivity index (χ1) is 8.20. The molecule has 1 aromatic carbocycles. The Morgan fingerprint density at radius 2 is 2.06 bits per heavy atom. The van der Waals surface area contributed by atoms with Crippen molar-refractivity contribution in [3.63, 3.8) is 0 Å². The lowest BCUT2D eigenvalue weighted by Gasteiger charge is -1.98. The number of carbonyl (C=O) groups is 1. The van der Waals surface area contributed by atoms with Crippen molar-refractivity contribution in [1.82, 2.24) is 4.98 Å². The van der Waals surface area contributed by atoms with Crippen molar-refractivity contribution in [1.29, 1.82) is 0 Å². The molecule has 0 atom stereocenters. The lowest BCUT2D eigenvalue weighted by atomic mass is 10.1. The second-order valence-electron chi connectivity index (χ2n) is 3.67. The zero-order valence-corrected chi connectivity index (χ0v) is 10.3. The molecule has 0 amide bonds. The Kier molecular flexibility index (Phi) is 3.54. The van der Waals surface area contributed by atoms with Gasteiger partial charge in [-0.1, -0.05) is 37.3 Å². The van der Waals surface area contributed by atoms with Crippen LogP contribution in [0.3, 0.4) is 0 Å². The van der Waals surface area contributed by atoms with Gasteiger partial charge in [0, 0.05) is 10.4 Å². The van der Waals surface area contributed by atoms with Gasteiger partial charge in [0.05, 0.1) is 12.1 Å². The Balaban J connectivity index is 2.39. The highest BCUT2D eigenvalue weighted by Gasteiger charge is 2.13. The Labute approximate surface area is 104 Å². The molecule has 0 radical (unpaired) electrons. The van der Waals surface area contributed by atoms with Gasteiger partial charge < -0.3 is 5.11 Å². The van der Waals surface area contributed by atoms with E-state index in [9.17, 15) is 4.79 Å². The number of rotatable bonds is 4. The molecule has 0 fully saturated rings. The number of nitrogens with zero attached hydrogens (tertiary/aromatic N) is 1. The summed E-state index contributed by atoms with van der Waals surface area (Å²) in [5.74, 6) is -0.832. The first-order valence-electron chi connectivity index (χ1n) is 5.46. The second-order valence-corrected chi connectivity index (χ2v) is 4.84. The smallest absolute Gasteiger partial charge is 0.310 e. The maximum absolute atomic E-state index is 10.7. The summed E-state index contributed by atoms with van der Waals surface area (Å²) in [6.45, 7) is 2.06. The predicted octanol–water partition coefficient (Wildman–Crippen LogP) is 3.00. The van der Waals surface area contributed by atoms with E-state index in [4.69, 9.17) is 5.11 Å². The standard InChI is InChI=1S/C13H13NO2S/c1-2-10-13(9-6-4-3-5-7-9)14-11(17-10)8-12(15)16/h3-7H,2,8H2,1H3,(H,15,16). The van der Waals surface area contributed by atoms with E-state index in [1.165, 1.54) is 11.3 Å². The molecule has 4 heteroatoms. The number of aromatic nitrogens is 1. The third kappa shape index (κ3) is 2.71. The van der Waals surface area contributed by atoms with E-state index in [2.05, 4.69) is 11.9 Å². The van der Waals surface area contributed by atoms with Gasteiger partial charge in [0.2, 0.25) is 0 Å². The maximum atomic E-state index is 10.7. The largest absolute Gasteiger partial charge is 0.481 e. The highest BCUT2D eigenvalue weighted by atomic mass is 32.1. The van der Waals surface area contributed by atoms with Crippen LogP contribution < -0.4 is 0 Å². The number of carboxylic acid groups (broad SMARTS) is 1. The SMILES string of the molecule is CCc1sc(CC(=O)O)nc1-c1ccccc1. The van der Waals surface area contributed by atoms with E-state index in [1.807, 2.05) is 30.3 Å². The van der Waals surface area contributed by atoms with Crippen LogP contribution in [0.2, 0.25) is 0 Å². The molecule has 0 bridgehead atoms. The van der Waals surface area contributed by atoms with Gasteiger partial charge in [0.1, 0.15) is 5.01 Å². The molecule has 2 aromatic rings. The number of aryl methyl sites for hydroxylation is 1. The third-order valence-corrected chi connectivity index (χ3v) is 3.61. The first-order valence-corrected chi connectivity index (χ1v) is 6.28. The van der Waals surface area contributed by atoms with Gasteiger partial charge in [-0.15, -0.1) is 11.3 Å². The van der Waals surface area contributed by atoms with Crippen LogP contribution in [0.5, 0.6) is 0 Å². The van der Waals surface area contributed by atoms with Crippen LogP contribution in [0, 0.1) is 0 Å². The fraction of sp³-hybridized carbons (Fsp3) is 0.231. The van der Waals surface area contributed by atoms with Crippen molar-refractivity contribution < 1.29 is 9.90 Å². The molecular formula is C13H13NO2S. The van der Waals surface area contributed by atoms with E-state index < -0.39 is 5.97 Å². The minimum atomic E-state index is -0.832. The number of aliphatic carboxylic acids is 1. The van der Waals surface area contributed by atoms with Gasteiger partial charge in [0.25, 0.3) is 0 Å². The summed E-state index contributed by atoms with van der Waals surface area (Å²) in [5.41, 5.74) is 1.98. The van der Waals surface area contributed by atoms with E-state index in [0.717, 1.165) is 22.6 Å². The highest BCUT2D eigenvalue weighted by molar-refractivity contribution is 7.12. The molecule has 1 aromatic heterocycles. The minimum absolute atomic E-state index is 0.00446. The van der Waals surface area contributed by atoms with Gasteiger partial charge in [-0.25, -0.2) is 4.98 Å². The maximum Gasteiger partial charge on any atom is 0.310 e. The number of carboxylic acids is 1. The van der Waals surface area contributed by atoms with Crippen LogP contribution in [0.1, 0.15) is 16.8 Å². The third-order valence-electron chi connectivity index (χ3n) is 2.41. The van der Waals surface area contributed by atoms with E-state index in [1.54, 1.807) is 0 Å². The average Bonchev–Trinajstić information content (AvgIpc) is 2.72. The minimum Gasteiger partial charge on any atom is -0.481 e. The molecule has 0 saturated carbocycles. The molecule has 0 saturated heterocycles. The van der Waals surface area contributed by atoms with E-state index in [-0.39, 0.29) is 6.42 Å². The predicted molar refractivity (Wildman–Crippen MR) is 68.3 cm³/mol. The van der Waals surface area contributed by atoms with Crippen LogP contribution in [-0.4, -0.2) is 16.1 Å². The molecule has 88 valence electrons. The second kappa shape index (κ2) is 5.10.